The average Bonchev–Trinajstić information content (AvgIpc) is 3.14. The summed E-state index contributed by atoms with van der Waals surface area (Å²) >= 11 is 1.54. The van der Waals surface area contributed by atoms with Gasteiger partial charge in [-0.15, -0.1) is 11.3 Å². The Bertz CT molecular complexity index is 817. The molecule has 6 heteroatoms. The molecular formula is C23H31N3O2S. The molecule has 2 heterocycles. The van der Waals surface area contributed by atoms with Crippen molar-refractivity contribution in [3.05, 3.63) is 57.6 Å². The van der Waals surface area contributed by atoms with Gasteiger partial charge in [0.15, 0.2) is 0 Å². The maximum atomic E-state index is 12.4. The molecule has 1 aliphatic heterocycles. The maximum absolute atomic E-state index is 12.4. The van der Waals surface area contributed by atoms with Crippen molar-refractivity contribution in [1.29, 1.82) is 0 Å². The summed E-state index contributed by atoms with van der Waals surface area (Å²) in [7, 11) is 0. The fourth-order valence-corrected chi connectivity index (χ4v) is 4.00. The van der Waals surface area contributed by atoms with E-state index in [0.29, 0.717) is 13.0 Å². The molecule has 0 bridgehead atoms. The quantitative estimate of drug-likeness (QED) is 0.662. The van der Waals surface area contributed by atoms with E-state index in [1.807, 2.05) is 29.6 Å². The first kappa shape index (κ1) is 21.5. The van der Waals surface area contributed by atoms with Crippen LogP contribution in [0.15, 0.2) is 41.3 Å². The standard InChI is InChI=1S/C23H31N3O2S/c1-17(2)8-11-26-12-9-19(10-13-26)24-22(27)14-20-16-29-23(25-20)15-28-21-6-4-18(3)5-7-21/h4-8,16,19H,9-15H2,1-3H3,(H,24,27). The number of carbonyl (C=O) groups excluding carboxylic acids is 1. The number of carbonyl (C=O) groups is 1. The lowest BCUT2D eigenvalue weighted by molar-refractivity contribution is -0.121. The number of aromatic nitrogens is 1. The molecule has 1 aliphatic rings. The van der Waals surface area contributed by atoms with Gasteiger partial charge in [-0.3, -0.25) is 9.69 Å². The van der Waals surface area contributed by atoms with Crippen LogP contribution < -0.4 is 10.1 Å². The number of amides is 1. The number of rotatable bonds is 8. The first-order valence-corrected chi connectivity index (χ1v) is 11.1. The van der Waals surface area contributed by atoms with Crippen molar-refractivity contribution >= 4 is 17.2 Å². The molecule has 3 rings (SSSR count). The number of hydrogen-bond donors (Lipinski definition) is 1. The topological polar surface area (TPSA) is 54.5 Å². The Morgan fingerprint density at radius 2 is 2.00 bits per heavy atom. The van der Waals surface area contributed by atoms with E-state index in [4.69, 9.17) is 4.74 Å². The highest BCUT2D eigenvalue weighted by molar-refractivity contribution is 7.09. The number of thiazole rings is 1. The number of ether oxygens (including phenoxy) is 1. The Balaban J connectivity index is 1.39. The number of likely N-dealkylation sites (tertiary alicyclic amines) is 1. The van der Waals surface area contributed by atoms with Gasteiger partial charge in [0.05, 0.1) is 12.1 Å². The molecule has 156 valence electrons. The highest BCUT2D eigenvalue weighted by atomic mass is 32.1. The van der Waals surface area contributed by atoms with E-state index in [1.54, 1.807) is 0 Å². The fraction of sp³-hybridized carbons (Fsp3) is 0.478. The van der Waals surface area contributed by atoms with Crippen molar-refractivity contribution in [3.8, 4) is 5.75 Å². The number of allylic oxidation sites excluding steroid dienone is 1. The molecular weight excluding hydrogens is 382 g/mol. The molecule has 5 nitrogen and oxygen atoms in total. The van der Waals surface area contributed by atoms with E-state index in [0.717, 1.165) is 48.9 Å². The van der Waals surface area contributed by atoms with Crippen molar-refractivity contribution in [3.63, 3.8) is 0 Å². The smallest absolute Gasteiger partial charge is 0.226 e. The largest absolute Gasteiger partial charge is 0.486 e. The minimum absolute atomic E-state index is 0.0593. The second-order valence-electron chi connectivity index (χ2n) is 7.93. The van der Waals surface area contributed by atoms with Gasteiger partial charge in [-0.2, -0.15) is 0 Å². The predicted molar refractivity (Wildman–Crippen MR) is 118 cm³/mol. The zero-order valence-corrected chi connectivity index (χ0v) is 18.4. The van der Waals surface area contributed by atoms with Crippen molar-refractivity contribution in [2.75, 3.05) is 19.6 Å². The molecule has 1 aromatic heterocycles. The van der Waals surface area contributed by atoms with E-state index in [9.17, 15) is 4.79 Å². The van der Waals surface area contributed by atoms with E-state index in [1.165, 1.54) is 22.5 Å². The Morgan fingerprint density at radius 3 is 2.69 bits per heavy atom. The minimum Gasteiger partial charge on any atom is -0.486 e. The zero-order valence-electron chi connectivity index (χ0n) is 17.6. The third-order valence-electron chi connectivity index (χ3n) is 5.03. The first-order valence-electron chi connectivity index (χ1n) is 10.3. The van der Waals surface area contributed by atoms with Crippen LogP contribution in [0.5, 0.6) is 5.75 Å². The van der Waals surface area contributed by atoms with Crippen LogP contribution in [0.4, 0.5) is 0 Å². The highest BCUT2D eigenvalue weighted by Gasteiger charge is 2.20. The van der Waals surface area contributed by atoms with Crippen LogP contribution in [0.3, 0.4) is 0 Å². The molecule has 1 fully saturated rings. The van der Waals surface area contributed by atoms with Gasteiger partial charge in [0.2, 0.25) is 5.91 Å². The van der Waals surface area contributed by atoms with Crippen molar-refractivity contribution in [1.82, 2.24) is 15.2 Å². The fourth-order valence-electron chi connectivity index (χ4n) is 3.29. The molecule has 1 saturated heterocycles. The number of hydrogen-bond acceptors (Lipinski definition) is 5. The normalized spacial score (nSPS) is 15.1. The molecule has 29 heavy (non-hydrogen) atoms. The second-order valence-corrected chi connectivity index (χ2v) is 8.88. The number of aryl methyl sites for hydroxylation is 1. The number of piperidine rings is 1. The van der Waals surface area contributed by atoms with E-state index in [-0.39, 0.29) is 11.9 Å². The summed E-state index contributed by atoms with van der Waals surface area (Å²) in [5.74, 6) is 0.894. The molecule has 0 radical (unpaired) electrons. The summed E-state index contributed by atoms with van der Waals surface area (Å²) in [5, 5.41) is 6.02. The molecule has 0 spiro atoms. The van der Waals surface area contributed by atoms with Crippen LogP contribution in [0.2, 0.25) is 0 Å². The number of nitrogens with one attached hydrogen (secondary N) is 1. The summed E-state index contributed by atoms with van der Waals surface area (Å²) in [4.78, 5) is 19.4. The number of nitrogens with zero attached hydrogens (tertiary/aromatic N) is 2. The summed E-state index contributed by atoms with van der Waals surface area (Å²) in [6.07, 6.45) is 4.62. The lowest BCUT2D eigenvalue weighted by Gasteiger charge is -2.31. The third kappa shape index (κ3) is 7.29. The Hall–Kier alpha value is -2.18. The monoisotopic (exact) mass is 413 g/mol. The van der Waals surface area contributed by atoms with Crippen molar-refractivity contribution < 1.29 is 9.53 Å². The second kappa shape index (κ2) is 10.6. The SMILES string of the molecule is CC(C)=CCN1CCC(NC(=O)Cc2csc(COc3ccc(C)cc3)n2)CC1. The van der Waals surface area contributed by atoms with Crippen LogP contribution in [0.1, 0.15) is 43.0 Å². The lowest BCUT2D eigenvalue weighted by atomic mass is 10.0. The predicted octanol–water partition coefficient (Wildman–Crippen LogP) is 4.12. The van der Waals surface area contributed by atoms with Crippen LogP contribution in [-0.2, 0) is 17.8 Å². The van der Waals surface area contributed by atoms with Gasteiger partial charge in [0.1, 0.15) is 17.4 Å². The first-order chi connectivity index (χ1) is 14.0. The van der Waals surface area contributed by atoms with Crippen LogP contribution in [-0.4, -0.2) is 41.5 Å². The highest BCUT2D eigenvalue weighted by Crippen LogP contribution is 2.17. The zero-order chi connectivity index (χ0) is 20.6. The Kier molecular flexibility index (Phi) is 7.83. The summed E-state index contributed by atoms with van der Waals surface area (Å²) in [6.45, 7) is 9.82. The summed E-state index contributed by atoms with van der Waals surface area (Å²) in [5.41, 5.74) is 3.38. The average molecular weight is 414 g/mol. The summed E-state index contributed by atoms with van der Waals surface area (Å²) in [6, 6.07) is 8.25. The van der Waals surface area contributed by atoms with Gasteiger partial charge in [0, 0.05) is 31.1 Å². The van der Waals surface area contributed by atoms with Gasteiger partial charge in [-0.25, -0.2) is 4.98 Å². The van der Waals surface area contributed by atoms with Crippen LogP contribution >= 0.6 is 11.3 Å². The molecule has 2 aromatic rings. The van der Waals surface area contributed by atoms with Gasteiger partial charge < -0.3 is 10.1 Å². The lowest BCUT2D eigenvalue weighted by Crippen LogP contribution is -2.45. The van der Waals surface area contributed by atoms with E-state index < -0.39 is 0 Å². The Labute approximate surface area is 177 Å². The van der Waals surface area contributed by atoms with Crippen LogP contribution in [0.25, 0.3) is 0 Å². The summed E-state index contributed by atoms with van der Waals surface area (Å²) < 4.78 is 5.77. The molecule has 0 unspecified atom stereocenters. The van der Waals surface area contributed by atoms with Gasteiger partial charge in [0.25, 0.3) is 0 Å². The van der Waals surface area contributed by atoms with Gasteiger partial charge in [-0.1, -0.05) is 29.3 Å². The molecule has 0 atom stereocenters. The molecule has 0 saturated carbocycles. The molecule has 0 aliphatic carbocycles. The molecule has 1 aromatic carbocycles. The number of benzene rings is 1. The van der Waals surface area contributed by atoms with E-state index in [2.05, 4.69) is 42.0 Å². The minimum atomic E-state index is 0.0593. The van der Waals surface area contributed by atoms with Gasteiger partial charge in [-0.05, 0) is 45.7 Å². The molecule has 1 N–H and O–H groups in total. The van der Waals surface area contributed by atoms with Gasteiger partial charge >= 0.3 is 0 Å². The van der Waals surface area contributed by atoms with Crippen molar-refractivity contribution in [2.45, 2.75) is 52.7 Å². The maximum Gasteiger partial charge on any atom is 0.226 e. The van der Waals surface area contributed by atoms with E-state index >= 15 is 0 Å². The van der Waals surface area contributed by atoms with Crippen molar-refractivity contribution in [2.24, 2.45) is 0 Å². The Morgan fingerprint density at radius 1 is 1.28 bits per heavy atom. The third-order valence-corrected chi connectivity index (χ3v) is 5.91. The van der Waals surface area contributed by atoms with Crippen LogP contribution in [0, 0.1) is 6.92 Å². The molecule has 1 amide bonds.